The summed E-state index contributed by atoms with van der Waals surface area (Å²) in [7, 11) is 3.21. The number of aromatic nitrogens is 4. The molecule has 0 fully saturated rings. The Morgan fingerprint density at radius 1 is 1.06 bits per heavy atom. The van der Waals surface area contributed by atoms with E-state index in [2.05, 4.69) is 19.9 Å². The van der Waals surface area contributed by atoms with Crippen LogP contribution in [0.25, 0.3) is 17.2 Å². The third-order valence-electron chi connectivity index (χ3n) is 4.52. The van der Waals surface area contributed by atoms with Crippen molar-refractivity contribution in [3.63, 3.8) is 0 Å². The number of aryl methyl sites for hydroxylation is 1. The number of nitrogens with one attached hydrogen (secondary N) is 1. The highest BCUT2D eigenvalue weighted by atomic mass is 35.5. The van der Waals surface area contributed by atoms with Gasteiger partial charge in [-0.2, -0.15) is 0 Å². The number of hydrogen-bond acceptors (Lipinski definition) is 8. The van der Waals surface area contributed by atoms with Crippen molar-refractivity contribution in [1.29, 1.82) is 0 Å². The van der Waals surface area contributed by atoms with Gasteiger partial charge in [-0.25, -0.2) is 4.98 Å². The van der Waals surface area contributed by atoms with Gasteiger partial charge in [0.15, 0.2) is 12.2 Å². The summed E-state index contributed by atoms with van der Waals surface area (Å²) in [4.78, 5) is 4.22. The smallest absolute Gasteiger partial charge is 0.239 e. The van der Waals surface area contributed by atoms with Gasteiger partial charge in [0.25, 0.3) is 0 Å². The summed E-state index contributed by atoms with van der Waals surface area (Å²) < 4.78 is 21.4. The average molecular weight is 458 g/mol. The zero-order valence-corrected chi connectivity index (χ0v) is 18.5. The number of hydrogen-bond donors (Lipinski definition) is 1. The van der Waals surface area contributed by atoms with Crippen molar-refractivity contribution < 1.29 is 13.9 Å². The van der Waals surface area contributed by atoms with Gasteiger partial charge in [-0.3, -0.25) is 9.29 Å². The molecule has 31 heavy (non-hydrogen) atoms. The molecule has 0 aliphatic heterocycles. The van der Waals surface area contributed by atoms with Gasteiger partial charge in [0, 0.05) is 10.8 Å². The van der Waals surface area contributed by atoms with Crippen molar-refractivity contribution >= 4 is 29.5 Å². The molecule has 0 saturated carbocycles. The fourth-order valence-corrected chi connectivity index (χ4v) is 3.87. The lowest BCUT2D eigenvalue weighted by Gasteiger charge is -2.16. The zero-order chi connectivity index (χ0) is 21.6. The van der Waals surface area contributed by atoms with Gasteiger partial charge in [0.2, 0.25) is 5.95 Å². The Morgan fingerprint density at radius 2 is 1.81 bits per heavy atom. The summed E-state index contributed by atoms with van der Waals surface area (Å²) in [5, 5.41) is 9.38. The van der Waals surface area contributed by atoms with Crippen molar-refractivity contribution in [1.82, 2.24) is 19.7 Å². The lowest BCUT2D eigenvalue weighted by Crippen LogP contribution is -2.07. The van der Waals surface area contributed by atoms with E-state index >= 15 is 0 Å². The Kier molecular flexibility index (Phi) is 6.63. The van der Waals surface area contributed by atoms with Crippen LogP contribution in [0, 0.1) is 0 Å². The first-order valence-corrected chi connectivity index (χ1v) is 10.7. The van der Waals surface area contributed by atoms with Crippen LogP contribution in [0.1, 0.15) is 5.56 Å². The summed E-state index contributed by atoms with van der Waals surface area (Å²) >= 11 is 7.47. The minimum absolute atomic E-state index is 0.498. The summed E-state index contributed by atoms with van der Waals surface area (Å²) in [5.41, 5.74) is 2.41. The molecule has 0 aliphatic carbocycles. The SMILES string of the molecule is COc1cccc(OC)c1-n1c(NSCCc2ccc(Cl)cc2)nnc1-c1cocn1. The van der Waals surface area contributed by atoms with E-state index in [1.54, 1.807) is 14.2 Å². The number of rotatable bonds is 9. The fraction of sp³-hybridized carbons (Fsp3) is 0.190. The Labute approximate surface area is 188 Å². The van der Waals surface area contributed by atoms with E-state index in [0.29, 0.717) is 34.7 Å². The number of ether oxygens (including phenoxy) is 2. The van der Waals surface area contributed by atoms with E-state index in [4.69, 9.17) is 25.5 Å². The molecule has 4 aromatic rings. The van der Waals surface area contributed by atoms with Crippen molar-refractivity contribution in [3.05, 3.63) is 65.7 Å². The van der Waals surface area contributed by atoms with Crippen LogP contribution in [0.2, 0.25) is 5.02 Å². The maximum atomic E-state index is 5.95. The normalized spacial score (nSPS) is 10.8. The molecule has 0 amide bonds. The molecule has 8 nitrogen and oxygen atoms in total. The zero-order valence-electron chi connectivity index (χ0n) is 16.9. The first-order chi connectivity index (χ1) is 15.2. The molecule has 2 aromatic heterocycles. The predicted octanol–water partition coefficient (Wildman–Crippen LogP) is 4.90. The van der Waals surface area contributed by atoms with Gasteiger partial charge in [-0.1, -0.05) is 29.8 Å². The van der Waals surface area contributed by atoms with E-state index in [1.807, 2.05) is 47.0 Å². The molecule has 2 heterocycles. The predicted molar refractivity (Wildman–Crippen MR) is 121 cm³/mol. The Bertz CT molecular complexity index is 1110. The first kappa shape index (κ1) is 21.1. The third-order valence-corrected chi connectivity index (χ3v) is 5.51. The Morgan fingerprint density at radius 3 is 2.45 bits per heavy atom. The van der Waals surface area contributed by atoms with Gasteiger partial charge in [0.1, 0.15) is 29.1 Å². The Hall–Kier alpha value is -3.17. The van der Waals surface area contributed by atoms with Crippen molar-refractivity contribution in [2.75, 3.05) is 24.7 Å². The molecule has 0 unspecified atom stereocenters. The lowest BCUT2D eigenvalue weighted by molar-refractivity contribution is 0.391. The van der Waals surface area contributed by atoms with E-state index in [-0.39, 0.29) is 0 Å². The first-order valence-electron chi connectivity index (χ1n) is 9.39. The molecular formula is C21H20ClN5O3S. The van der Waals surface area contributed by atoms with Crippen LogP contribution < -0.4 is 14.2 Å². The quantitative estimate of drug-likeness (QED) is 0.280. The van der Waals surface area contributed by atoms with Gasteiger partial charge in [0.05, 0.1) is 14.2 Å². The van der Waals surface area contributed by atoms with Crippen LogP contribution in [0.15, 0.2) is 59.5 Å². The second-order valence-electron chi connectivity index (χ2n) is 6.39. The van der Waals surface area contributed by atoms with Crippen molar-refractivity contribution in [2.24, 2.45) is 0 Å². The van der Waals surface area contributed by atoms with Gasteiger partial charge < -0.3 is 13.9 Å². The molecule has 160 valence electrons. The van der Waals surface area contributed by atoms with Crippen LogP contribution in [-0.4, -0.2) is 39.7 Å². The number of halogens is 1. The summed E-state index contributed by atoms with van der Waals surface area (Å²) in [6.45, 7) is 0. The van der Waals surface area contributed by atoms with Crippen LogP contribution in [0.3, 0.4) is 0 Å². The maximum Gasteiger partial charge on any atom is 0.239 e. The minimum atomic E-state index is 0.498. The highest BCUT2D eigenvalue weighted by Crippen LogP contribution is 2.37. The third kappa shape index (κ3) is 4.62. The summed E-state index contributed by atoms with van der Waals surface area (Å²) in [5.74, 6) is 3.05. The number of benzene rings is 2. The van der Waals surface area contributed by atoms with Crippen LogP contribution in [0.4, 0.5) is 5.95 Å². The molecule has 10 heteroatoms. The molecule has 0 bridgehead atoms. The number of methoxy groups -OCH3 is 2. The Balaban J connectivity index is 1.63. The van der Waals surface area contributed by atoms with Crippen molar-refractivity contribution in [3.8, 4) is 28.7 Å². The van der Waals surface area contributed by atoms with Gasteiger partial charge in [-0.05, 0) is 48.2 Å². The number of oxazole rings is 1. The second-order valence-corrected chi connectivity index (χ2v) is 7.73. The minimum Gasteiger partial charge on any atom is -0.494 e. The average Bonchev–Trinajstić information content (AvgIpc) is 3.47. The highest BCUT2D eigenvalue weighted by Gasteiger charge is 2.23. The molecule has 2 aromatic carbocycles. The fourth-order valence-electron chi connectivity index (χ4n) is 3.04. The van der Waals surface area contributed by atoms with Crippen LogP contribution >= 0.6 is 23.5 Å². The van der Waals surface area contributed by atoms with E-state index in [1.165, 1.54) is 30.2 Å². The summed E-state index contributed by atoms with van der Waals surface area (Å²) in [6, 6.07) is 13.4. The molecule has 0 saturated heterocycles. The second kappa shape index (κ2) is 9.76. The number of nitrogens with zero attached hydrogens (tertiary/aromatic N) is 4. The van der Waals surface area contributed by atoms with E-state index in [9.17, 15) is 0 Å². The van der Waals surface area contributed by atoms with Crippen LogP contribution in [-0.2, 0) is 6.42 Å². The molecule has 0 aliphatic rings. The monoisotopic (exact) mass is 457 g/mol. The number of para-hydroxylation sites is 1. The van der Waals surface area contributed by atoms with Crippen LogP contribution in [0.5, 0.6) is 11.5 Å². The van der Waals surface area contributed by atoms with Crippen molar-refractivity contribution in [2.45, 2.75) is 6.42 Å². The lowest BCUT2D eigenvalue weighted by atomic mass is 10.2. The number of anilines is 1. The van der Waals surface area contributed by atoms with E-state index < -0.39 is 0 Å². The van der Waals surface area contributed by atoms with Gasteiger partial charge >= 0.3 is 0 Å². The molecular weight excluding hydrogens is 438 g/mol. The molecule has 1 N–H and O–H groups in total. The largest absolute Gasteiger partial charge is 0.494 e. The summed E-state index contributed by atoms with van der Waals surface area (Å²) in [6.07, 6.45) is 3.73. The topological polar surface area (TPSA) is 87.2 Å². The standard InChI is InChI=1S/C21H20ClN5O3S/c1-28-17-4-3-5-18(29-2)19(17)27-20(16-12-30-13-23-16)24-25-21(27)26-31-11-10-14-6-8-15(22)9-7-14/h3-9,12-13H,10-11H2,1-2H3,(H,25,26). The molecule has 0 radical (unpaired) electrons. The molecule has 4 rings (SSSR count). The van der Waals surface area contributed by atoms with Gasteiger partial charge in [-0.15, -0.1) is 10.2 Å². The highest BCUT2D eigenvalue weighted by molar-refractivity contribution is 8.00. The van der Waals surface area contributed by atoms with E-state index in [0.717, 1.165) is 17.2 Å². The molecule has 0 spiro atoms. The maximum absolute atomic E-state index is 5.95. The molecule has 0 atom stereocenters.